The molecule has 0 radical (unpaired) electrons. The Morgan fingerprint density at radius 1 is 1.12 bits per heavy atom. The van der Waals surface area contributed by atoms with Crippen molar-refractivity contribution < 1.29 is 19.4 Å². The molecule has 2 aromatic carbocycles. The molecule has 0 unspecified atom stereocenters. The van der Waals surface area contributed by atoms with Crippen molar-refractivity contribution in [2.45, 2.75) is 20.3 Å². The summed E-state index contributed by atoms with van der Waals surface area (Å²) in [6.07, 6.45) is 1.05. The molecule has 136 valence electrons. The molecule has 0 saturated carbocycles. The predicted octanol–water partition coefficient (Wildman–Crippen LogP) is 2.50. The predicted molar refractivity (Wildman–Crippen MR) is 99.6 cm³/mol. The Hall–Kier alpha value is -3.35. The summed E-state index contributed by atoms with van der Waals surface area (Å²) >= 11 is 0. The highest BCUT2D eigenvalue weighted by molar-refractivity contribution is 6.03. The van der Waals surface area contributed by atoms with E-state index in [1.54, 1.807) is 18.2 Å². The van der Waals surface area contributed by atoms with Crippen molar-refractivity contribution in [3.8, 4) is 11.5 Å². The molecule has 0 fully saturated rings. The number of aryl methyl sites for hydroxylation is 2. The summed E-state index contributed by atoms with van der Waals surface area (Å²) in [6, 6.07) is 10.2. The Labute approximate surface area is 151 Å². The molecule has 0 atom stereocenters. The van der Waals surface area contributed by atoms with Crippen molar-refractivity contribution in [3.05, 3.63) is 53.1 Å². The summed E-state index contributed by atoms with van der Waals surface area (Å²) in [6.45, 7) is 3.93. The molecule has 0 saturated heterocycles. The Bertz CT molecular complexity index is 847. The molecule has 0 aliphatic carbocycles. The minimum atomic E-state index is -0.534. The highest BCUT2D eigenvalue weighted by Crippen LogP contribution is 2.25. The first-order valence-electron chi connectivity index (χ1n) is 7.95. The highest BCUT2D eigenvalue weighted by atomic mass is 16.5. The van der Waals surface area contributed by atoms with Crippen LogP contribution in [0.4, 0.5) is 5.69 Å². The van der Waals surface area contributed by atoms with E-state index >= 15 is 0 Å². The second kappa shape index (κ2) is 8.66. The summed E-state index contributed by atoms with van der Waals surface area (Å²) in [5, 5.41) is 16.0. The maximum atomic E-state index is 11.9. The lowest BCUT2D eigenvalue weighted by atomic mass is 10.1. The van der Waals surface area contributed by atoms with Crippen LogP contribution in [-0.4, -0.2) is 30.2 Å². The number of hydrogen-bond acceptors (Lipinski definition) is 5. The fourth-order valence-corrected chi connectivity index (χ4v) is 2.16. The van der Waals surface area contributed by atoms with Gasteiger partial charge in [-0.15, -0.1) is 0 Å². The van der Waals surface area contributed by atoms with E-state index in [1.165, 1.54) is 19.4 Å². The van der Waals surface area contributed by atoms with E-state index in [-0.39, 0.29) is 12.2 Å². The van der Waals surface area contributed by atoms with Gasteiger partial charge in [-0.05, 0) is 60.9 Å². The van der Waals surface area contributed by atoms with Gasteiger partial charge in [0.1, 0.15) is 6.42 Å². The van der Waals surface area contributed by atoms with Gasteiger partial charge in [-0.2, -0.15) is 5.10 Å². The van der Waals surface area contributed by atoms with Crippen LogP contribution in [0.1, 0.15) is 23.1 Å². The van der Waals surface area contributed by atoms with Crippen molar-refractivity contribution >= 4 is 23.7 Å². The third-order valence-corrected chi connectivity index (χ3v) is 3.72. The van der Waals surface area contributed by atoms with Gasteiger partial charge in [0.25, 0.3) is 0 Å². The molecule has 0 spiro atoms. The van der Waals surface area contributed by atoms with Crippen LogP contribution in [0.15, 0.2) is 41.5 Å². The molecule has 7 heteroatoms. The topological polar surface area (TPSA) is 100 Å². The lowest BCUT2D eigenvalue weighted by molar-refractivity contribution is -0.126. The summed E-state index contributed by atoms with van der Waals surface area (Å²) in [5.41, 5.74) is 5.74. The molecule has 2 aromatic rings. The lowest BCUT2D eigenvalue weighted by Gasteiger charge is -2.07. The Morgan fingerprint density at radius 3 is 2.58 bits per heavy atom. The number of anilines is 1. The van der Waals surface area contributed by atoms with Gasteiger partial charge in [0.2, 0.25) is 11.8 Å². The van der Waals surface area contributed by atoms with Crippen LogP contribution in [0.25, 0.3) is 0 Å². The second-order valence-electron chi connectivity index (χ2n) is 5.75. The normalized spacial score (nSPS) is 10.6. The van der Waals surface area contributed by atoms with Crippen LogP contribution in [0.2, 0.25) is 0 Å². The largest absolute Gasteiger partial charge is 0.504 e. The number of rotatable bonds is 6. The maximum Gasteiger partial charge on any atom is 0.249 e. The number of nitrogens with one attached hydrogen (secondary N) is 2. The first kappa shape index (κ1) is 19.0. The molecular weight excluding hydrogens is 334 g/mol. The third kappa shape index (κ3) is 5.34. The molecular formula is C19H21N3O4. The quantitative estimate of drug-likeness (QED) is 0.421. The number of phenols is 1. The van der Waals surface area contributed by atoms with Gasteiger partial charge in [0, 0.05) is 5.69 Å². The second-order valence-corrected chi connectivity index (χ2v) is 5.75. The average molecular weight is 355 g/mol. The molecule has 2 rings (SSSR count). The average Bonchev–Trinajstić information content (AvgIpc) is 2.59. The van der Waals surface area contributed by atoms with Crippen molar-refractivity contribution in [3.63, 3.8) is 0 Å². The fourth-order valence-electron chi connectivity index (χ4n) is 2.16. The van der Waals surface area contributed by atoms with Crippen LogP contribution in [0, 0.1) is 13.8 Å². The van der Waals surface area contributed by atoms with Gasteiger partial charge in [0.15, 0.2) is 11.5 Å². The Balaban J connectivity index is 1.86. The van der Waals surface area contributed by atoms with E-state index in [4.69, 9.17) is 4.74 Å². The zero-order chi connectivity index (χ0) is 19.1. The van der Waals surface area contributed by atoms with Gasteiger partial charge < -0.3 is 15.2 Å². The van der Waals surface area contributed by atoms with E-state index in [0.29, 0.717) is 17.0 Å². The third-order valence-electron chi connectivity index (χ3n) is 3.72. The molecule has 0 heterocycles. The zero-order valence-electron chi connectivity index (χ0n) is 14.9. The van der Waals surface area contributed by atoms with Crippen molar-refractivity contribution in [1.82, 2.24) is 5.43 Å². The van der Waals surface area contributed by atoms with E-state index in [0.717, 1.165) is 11.1 Å². The summed E-state index contributed by atoms with van der Waals surface area (Å²) in [4.78, 5) is 23.7. The fraction of sp³-hybridized carbons (Fsp3) is 0.211. The number of phenolic OH excluding ortho intramolecular Hbond substituents is 1. The van der Waals surface area contributed by atoms with Crippen LogP contribution >= 0.6 is 0 Å². The smallest absolute Gasteiger partial charge is 0.249 e. The van der Waals surface area contributed by atoms with Gasteiger partial charge in [-0.3, -0.25) is 9.59 Å². The van der Waals surface area contributed by atoms with Crippen molar-refractivity contribution in [1.29, 1.82) is 0 Å². The summed E-state index contributed by atoms with van der Waals surface area (Å²) in [5.74, 6) is -0.648. The lowest BCUT2D eigenvalue weighted by Crippen LogP contribution is -2.24. The highest BCUT2D eigenvalue weighted by Gasteiger charge is 2.09. The van der Waals surface area contributed by atoms with Crippen LogP contribution in [0.5, 0.6) is 11.5 Å². The molecule has 0 aliphatic rings. The number of ether oxygens (including phenoxy) is 1. The zero-order valence-corrected chi connectivity index (χ0v) is 14.9. The van der Waals surface area contributed by atoms with Crippen molar-refractivity contribution in [2.75, 3.05) is 12.4 Å². The number of carbonyl (C=O) groups is 2. The van der Waals surface area contributed by atoms with Crippen LogP contribution in [-0.2, 0) is 9.59 Å². The summed E-state index contributed by atoms with van der Waals surface area (Å²) < 4.78 is 4.99. The van der Waals surface area contributed by atoms with Crippen LogP contribution in [0.3, 0.4) is 0 Å². The Kier molecular flexibility index (Phi) is 6.32. The van der Waals surface area contributed by atoms with Crippen molar-refractivity contribution in [2.24, 2.45) is 5.10 Å². The maximum absolute atomic E-state index is 11.9. The molecule has 26 heavy (non-hydrogen) atoms. The molecule has 0 bridgehead atoms. The van der Waals surface area contributed by atoms with Gasteiger partial charge in [0.05, 0.1) is 13.3 Å². The van der Waals surface area contributed by atoms with Gasteiger partial charge in [-0.1, -0.05) is 6.07 Å². The number of hydrogen-bond donors (Lipinski definition) is 3. The first-order valence-corrected chi connectivity index (χ1v) is 7.95. The SMILES string of the molecule is COc1cc(/C=N/NC(=O)CC(=O)Nc2ccc(C)c(C)c2)ccc1O. The standard InChI is InChI=1S/C19H21N3O4/c1-12-4-6-15(8-13(12)2)21-18(24)10-19(25)22-20-11-14-5-7-16(23)17(9-14)26-3/h4-9,11,23H,10H2,1-3H3,(H,21,24)(H,22,25)/b20-11+. The first-order chi connectivity index (χ1) is 12.4. The number of methoxy groups -OCH3 is 1. The summed E-state index contributed by atoms with van der Waals surface area (Å²) in [7, 11) is 1.44. The number of amides is 2. The van der Waals surface area contributed by atoms with Crippen LogP contribution < -0.4 is 15.5 Å². The molecule has 2 amide bonds. The molecule has 7 nitrogen and oxygen atoms in total. The number of hydrazone groups is 1. The minimum Gasteiger partial charge on any atom is -0.504 e. The molecule has 3 N–H and O–H groups in total. The molecule has 0 aromatic heterocycles. The number of nitrogens with zero attached hydrogens (tertiary/aromatic N) is 1. The number of carbonyl (C=O) groups excluding carboxylic acids is 2. The Morgan fingerprint density at radius 2 is 1.88 bits per heavy atom. The number of benzene rings is 2. The molecule has 0 aliphatic heterocycles. The number of aromatic hydroxyl groups is 1. The van der Waals surface area contributed by atoms with E-state index in [9.17, 15) is 14.7 Å². The minimum absolute atomic E-state index is 0.0108. The monoisotopic (exact) mass is 355 g/mol. The van der Waals surface area contributed by atoms with E-state index in [1.807, 2.05) is 26.0 Å². The van der Waals surface area contributed by atoms with Gasteiger partial charge in [-0.25, -0.2) is 5.43 Å². The van der Waals surface area contributed by atoms with E-state index in [2.05, 4.69) is 15.8 Å². The van der Waals surface area contributed by atoms with Gasteiger partial charge >= 0.3 is 0 Å². The van der Waals surface area contributed by atoms with E-state index < -0.39 is 11.8 Å².